The number of rotatable bonds is 4. The van der Waals surface area contributed by atoms with Gasteiger partial charge < -0.3 is 15.2 Å². The number of hydrogen-bond donors (Lipinski definition) is 2. The summed E-state index contributed by atoms with van der Waals surface area (Å²) in [6, 6.07) is 8.91. The van der Waals surface area contributed by atoms with Crippen LogP contribution in [-0.2, 0) is 20.7 Å². The first-order valence-electron chi connectivity index (χ1n) is 7.45. The van der Waals surface area contributed by atoms with E-state index >= 15 is 0 Å². The first-order valence-corrected chi connectivity index (χ1v) is 7.45. The maximum atomic E-state index is 12.7. The molecular weight excluding hydrogens is 282 g/mol. The van der Waals surface area contributed by atoms with E-state index in [4.69, 9.17) is 4.74 Å². The number of ether oxygens (including phenoxy) is 1. The second-order valence-electron chi connectivity index (χ2n) is 6.92. The summed E-state index contributed by atoms with van der Waals surface area (Å²) in [5.41, 5.74) is -0.430. The molecule has 5 nitrogen and oxygen atoms in total. The smallest absolute Gasteiger partial charge is 0.320 e. The molecule has 1 heterocycles. The van der Waals surface area contributed by atoms with Crippen molar-refractivity contribution in [3.05, 3.63) is 35.9 Å². The Morgan fingerprint density at radius 1 is 1.32 bits per heavy atom. The van der Waals surface area contributed by atoms with Crippen molar-refractivity contribution >= 4 is 11.9 Å². The van der Waals surface area contributed by atoms with Crippen molar-refractivity contribution in [1.82, 2.24) is 5.32 Å². The van der Waals surface area contributed by atoms with Gasteiger partial charge in [-0.2, -0.15) is 0 Å². The molecule has 1 aromatic rings. The highest BCUT2D eigenvalue weighted by Gasteiger charge is 2.49. The van der Waals surface area contributed by atoms with Gasteiger partial charge >= 0.3 is 11.9 Å². The second kappa shape index (κ2) is 6.08. The zero-order valence-electron chi connectivity index (χ0n) is 13.3. The molecule has 0 aliphatic carbocycles. The van der Waals surface area contributed by atoms with Crippen molar-refractivity contribution in [2.75, 3.05) is 6.54 Å². The molecule has 0 radical (unpaired) electrons. The Bertz CT molecular complexity index is 550. The lowest BCUT2D eigenvalue weighted by molar-refractivity contribution is -0.166. The Kier molecular flexibility index (Phi) is 4.56. The van der Waals surface area contributed by atoms with Gasteiger partial charge in [-0.3, -0.25) is 9.59 Å². The van der Waals surface area contributed by atoms with Crippen LogP contribution in [0.3, 0.4) is 0 Å². The van der Waals surface area contributed by atoms with Crippen LogP contribution in [0, 0.1) is 5.41 Å². The molecule has 22 heavy (non-hydrogen) atoms. The number of carboxylic acid groups (broad SMARTS) is 1. The average molecular weight is 305 g/mol. The normalized spacial score (nSPS) is 25.0. The first-order chi connectivity index (χ1) is 10.2. The quantitative estimate of drug-likeness (QED) is 0.832. The lowest BCUT2D eigenvalue weighted by atomic mass is 9.79. The Balaban J connectivity index is 2.25. The van der Waals surface area contributed by atoms with E-state index in [1.807, 2.05) is 51.1 Å². The van der Waals surface area contributed by atoms with Gasteiger partial charge in [0.15, 0.2) is 0 Å². The van der Waals surface area contributed by atoms with E-state index in [2.05, 4.69) is 5.32 Å². The minimum Gasteiger partial charge on any atom is -0.480 e. The molecule has 1 unspecified atom stereocenters. The molecule has 1 aromatic carbocycles. The van der Waals surface area contributed by atoms with Crippen LogP contribution in [0.25, 0.3) is 0 Å². The van der Waals surface area contributed by atoms with E-state index in [0.29, 0.717) is 13.0 Å². The van der Waals surface area contributed by atoms with Gasteiger partial charge in [0.05, 0.1) is 5.41 Å². The minimum atomic E-state index is -0.932. The Morgan fingerprint density at radius 3 is 2.45 bits per heavy atom. The monoisotopic (exact) mass is 305 g/mol. The van der Waals surface area contributed by atoms with Crippen LogP contribution in [-0.4, -0.2) is 35.2 Å². The zero-order chi connectivity index (χ0) is 16.4. The van der Waals surface area contributed by atoms with E-state index < -0.39 is 23.0 Å². The van der Waals surface area contributed by atoms with Gasteiger partial charge in [0.1, 0.15) is 11.6 Å². The van der Waals surface area contributed by atoms with Gasteiger partial charge in [0.25, 0.3) is 0 Å². The van der Waals surface area contributed by atoms with Crippen molar-refractivity contribution in [2.24, 2.45) is 5.41 Å². The molecule has 2 N–H and O–H groups in total. The van der Waals surface area contributed by atoms with Crippen LogP contribution in [0.5, 0.6) is 0 Å². The third kappa shape index (κ3) is 3.85. The van der Waals surface area contributed by atoms with Crippen LogP contribution >= 0.6 is 0 Å². The van der Waals surface area contributed by atoms with Gasteiger partial charge in [0, 0.05) is 6.54 Å². The lowest BCUT2D eigenvalue weighted by Gasteiger charge is -2.30. The highest BCUT2D eigenvalue weighted by atomic mass is 16.6. The van der Waals surface area contributed by atoms with E-state index in [1.165, 1.54) is 0 Å². The van der Waals surface area contributed by atoms with Crippen molar-refractivity contribution in [3.8, 4) is 0 Å². The molecule has 1 fully saturated rings. The molecule has 0 amide bonds. The third-order valence-electron chi connectivity index (χ3n) is 3.80. The average Bonchev–Trinajstić information content (AvgIpc) is 2.84. The van der Waals surface area contributed by atoms with E-state index in [1.54, 1.807) is 0 Å². The van der Waals surface area contributed by atoms with Crippen molar-refractivity contribution < 1.29 is 19.4 Å². The number of carboxylic acids is 1. The molecule has 1 aliphatic heterocycles. The van der Waals surface area contributed by atoms with Gasteiger partial charge in [0.2, 0.25) is 0 Å². The summed E-state index contributed by atoms with van der Waals surface area (Å²) in [7, 11) is 0. The largest absolute Gasteiger partial charge is 0.480 e. The SMILES string of the molecule is CC(C)(C)OC(=O)C1(Cc2ccccc2)CN[C@@H](C(=O)O)C1. The summed E-state index contributed by atoms with van der Waals surface area (Å²) in [4.78, 5) is 23.9. The molecule has 1 aliphatic rings. The summed E-state index contributed by atoms with van der Waals surface area (Å²) in [5, 5.41) is 12.1. The van der Waals surface area contributed by atoms with Crippen LogP contribution < -0.4 is 5.32 Å². The maximum Gasteiger partial charge on any atom is 0.320 e. The summed E-state index contributed by atoms with van der Waals surface area (Å²) in [5.74, 6) is -1.27. The fourth-order valence-electron chi connectivity index (χ4n) is 2.76. The highest BCUT2D eigenvalue weighted by molar-refractivity contribution is 5.82. The Hall–Kier alpha value is -1.88. The van der Waals surface area contributed by atoms with Crippen LogP contribution in [0.1, 0.15) is 32.8 Å². The molecule has 5 heteroatoms. The predicted molar refractivity (Wildman–Crippen MR) is 82.5 cm³/mol. The van der Waals surface area contributed by atoms with Gasteiger partial charge in [-0.15, -0.1) is 0 Å². The Morgan fingerprint density at radius 2 is 1.95 bits per heavy atom. The first kappa shape index (κ1) is 16.5. The van der Waals surface area contributed by atoms with Crippen LogP contribution in [0.2, 0.25) is 0 Å². The molecule has 0 aromatic heterocycles. The number of nitrogens with one attached hydrogen (secondary N) is 1. The fraction of sp³-hybridized carbons (Fsp3) is 0.529. The molecule has 2 atom stereocenters. The second-order valence-corrected chi connectivity index (χ2v) is 6.92. The van der Waals surface area contributed by atoms with Gasteiger partial charge in [-0.1, -0.05) is 30.3 Å². The molecule has 1 saturated heterocycles. The third-order valence-corrected chi connectivity index (χ3v) is 3.80. The molecule has 0 bridgehead atoms. The zero-order valence-corrected chi connectivity index (χ0v) is 13.3. The van der Waals surface area contributed by atoms with Gasteiger partial charge in [-0.05, 0) is 39.2 Å². The van der Waals surface area contributed by atoms with Crippen molar-refractivity contribution in [3.63, 3.8) is 0 Å². The van der Waals surface area contributed by atoms with E-state index in [0.717, 1.165) is 5.56 Å². The van der Waals surface area contributed by atoms with Crippen LogP contribution in [0.4, 0.5) is 0 Å². The number of hydrogen-bond acceptors (Lipinski definition) is 4. The standard InChI is InChI=1S/C17H23NO4/c1-16(2,3)22-15(21)17(9-12-7-5-4-6-8-12)10-13(14(19)20)18-11-17/h4-8,13,18H,9-11H2,1-3H3,(H,19,20)/t13-,17?/m1/s1. The number of aliphatic carboxylic acids is 1. The highest BCUT2D eigenvalue weighted by Crippen LogP contribution is 2.36. The van der Waals surface area contributed by atoms with Crippen molar-refractivity contribution in [2.45, 2.75) is 45.3 Å². The number of carbonyl (C=O) groups excluding carboxylic acids is 1. The topological polar surface area (TPSA) is 75.6 Å². The summed E-state index contributed by atoms with van der Waals surface area (Å²) < 4.78 is 5.55. The predicted octanol–water partition coefficient (Wildman–Crippen LogP) is 2.00. The van der Waals surface area contributed by atoms with E-state index in [-0.39, 0.29) is 12.4 Å². The lowest BCUT2D eigenvalue weighted by Crippen LogP contribution is -2.41. The molecular formula is C17H23NO4. The molecule has 120 valence electrons. The van der Waals surface area contributed by atoms with E-state index in [9.17, 15) is 14.7 Å². The fourth-order valence-corrected chi connectivity index (χ4v) is 2.76. The number of esters is 1. The van der Waals surface area contributed by atoms with Crippen LogP contribution in [0.15, 0.2) is 30.3 Å². The number of benzene rings is 1. The summed E-state index contributed by atoms with van der Waals surface area (Å²) in [6.45, 7) is 5.77. The molecule has 2 rings (SSSR count). The maximum absolute atomic E-state index is 12.7. The summed E-state index contributed by atoms with van der Waals surface area (Å²) >= 11 is 0. The molecule has 0 saturated carbocycles. The Labute approximate surface area is 130 Å². The summed E-state index contributed by atoms with van der Waals surface area (Å²) in [6.07, 6.45) is 0.714. The van der Waals surface area contributed by atoms with Gasteiger partial charge in [-0.25, -0.2) is 0 Å². The number of carbonyl (C=O) groups is 2. The minimum absolute atomic E-state index is 0.242. The van der Waals surface area contributed by atoms with Crippen molar-refractivity contribution in [1.29, 1.82) is 0 Å². The molecule has 0 spiro atoms.